The number of imide groups is 1. The van der Waals surface area contributed by atoms with Gasteiger partial charge in [0.2, 0.25) is 17.7 Å². The average Bonchev–Trinajstić information content (AvgIpc) is 3.24. The van der Waals surface area contributed by atoms with Crippen LogP contribution in [0.3, 0.4) is 0 Å². The van der Waals surface area contributed by atoms with Crippen molar-refractivity contribution in [3.63, 3.8) is 0 Å². The van der Waals surface area contributed by atoms with Crippen LogP contribution in [0.15, 0.2) is 41.3 Å². The maximum atomic E-state index is 13.2. The van der Waals surface area contributed by atoms with Crippen LogP contribution in [0, 0.1) is 5.92 Å². The molecular weight excluding hydrogens is 584 g/mol. The van der Waals surface area contributed by atoms with Crippen molar-refractivity contribution in [3.05, 3.63) is 36.4 Å². The summed E-state index contributed by atoms with van der Waals surface area (Å²) in [6.07, 6.45) is 4.38. The number of carbonyl (C=O) groups excluding carboxylic acids is 6. The molecule has 0 bridgehead atoms. The van der Waals surface area contributed by atoms with Crippen LogP contribution in [-0.2, 0) is 34.1 Å². The van der Waals surface area contributed by atoms with E-state index in [1.807, 2.05) is 0 Å². The van der Waals surface area contributed by atoms with Gasteiger partial charge in [-0.05, 0) is 49.8 Å². The molecule has 1 aliphatic rings. The molecule has 0 aliphatic carbocycles. The van der Waals surface area contributed by atoms with Crippen LogP contribution >= 0.6 is 0 Å². The maximum Gasteiger partial charge on any atom is 0.312 e. The zero-order valence-corrected chi connectivity index (χ0v) is 24.8. The number of anilines is 1. The number of carbonyl (C=O) groups is 6. The van der Waals surface area contributed by atoms with Gasteiger partial charge in [-0.15, -0.1) is 0 Å². The fourth-order valence-corrected chi connectivity index (χ4v) is 4.70. The highest BCUT2D eigenvalue weighted by atomic mass is 32.2. The molecule has 0 saturated heterocycles. The van der Waals surface area contributed by atoms with Crippen molar-refractivity contribution in [2.45, 2.75) is 69.4 Å². The summed E-state index contributed by atoms with van der Waals surface area (Å²) in [6.45, 7) is 3.81. The minimum atomic E-state index is -4.52. The lowest BCUT2D eigenvalue weighted by Crippen LogP contribution is -2.54. The van der Waals surface area contributed by atoms with E-state index in [4.69, 9.17) is 5.73 Å². The zero-order chi connectivity index (χ0) is 32.2. The molecule has 15 nitrogen and oxygen atoms in total. The molecule has 0 aromatic heterocycles. The van der Waals surface area contributed by atoms with Gasteiger partial charge in [0.15, 0.2) is 0 Å². The molecule has 7 N–H and O–H groups in total. The van der Waals surface area contributed by atoms with Gasteiger partial charge >= 0.3 is 6.03 Å². The molecule has 7 amide bonds. The summed E-state index contributed by atoms with van der Waals surface area (Å²) in [7, 11) is -4.52. The molecule has 1 heterocycles. The number of nitrogens with two attached hydrogens (primary N) is 1. The second-order valence-corrected chi connectivity index (χ2v) is 11.7. The molecule has 2 rings (SSSR count). The summed E-state index contributed by atoms with van der Waals surface area (Å²) in [4.78, 5) is 73.8. The topological polar surface area (TPSA) is 234 Å². The molecule has 236 valence electrons. The SMILES string of the molecule is CC(C)[C@H](NC(=O)CCCCCN1C(=O)C=CC1=O)C(=O)N[C@@H](CCCNC(N)=O)C(=O)Nc1cccc(S(=O)(=O)O)c1. The van der Waals surface area contributed by atoms with Crippen LogP contribution in [0.1, 0.15) is 52.4 Å². The third-order valence-electron chi connectivity index (χ3n) is 6.45. The number of unbranched alkanes of at least 4 members (excludes halogenated alkanes) is 2. The number of rotatable bonds is 17. The Morgan fingerprint density at radius 3 is 2.23 bits per heavy atom. The molecular formula is C27H38N6O9S. The van der Waals surface area contributed by atoms with Gasteiger partial charge in [0.1, 0.15) is 12.1 Å². The van der Waals surface area contributed by atoms with Crippen molar-refractivity contribution in [3.8, 4) is 0 Å². The van der Waals surface area contributed by atoms with E-state index < -0.39 is 50.8 Å². The van der Waals surface area contributed by atoms with Crippen LogP contribution in [-0.4, -0.2) is 78.6 Å². The quantitative estimate of drug-likeness (QED) is 0.0802. The molecule has 0 radical (unpaired) electrons. The standard InChI is InChI=1S/C27H38N6O9S/c1-17(2)24(32-21(34)11-4-3-5-15-33-22(35)12-13-23(33)36)26(38)31-20(10-7-14-29-27(28)39)25(37)30-18-8-6-9-19(16-18)43(40,41)42/h6,8-9,12-13,16-17,20,24H,3-5,7,10-11,14-15H2,1-2H3,(H,30,37)(H,31,38)(H,32,34)(H3,28,29,39)(H,40,41,42)/t20-,24-/m0/s1. The molecule has 1 aliphatic heterocycles. The predicted molar refractivity (Wildman–Crippen MR) is 155 cm³/mol. The van der Waals surface area contributed by atoms with Gasteiger partial charge in [-0.1, -0.05) is 26.3 Å². The van der Waals surface area contributed by atoms with Crippen molar-refractivity contribution in [2.75, 3.05) is 18.4 Å². The number of benzene rings is 1. The summed E-state index contributed by atoms with van der Waals surface area (Å²) in [6, 6.07) is 2.02. The lowest BCUT2D eigenvalue weighted by molar-refractivity contribution is -0.137. The first-order valence-corrected chi connectivity index (χ1v) is 15.2. The maximum absolute atomic E-state index is 13.2. The van der Waals surface area contributed by atoms with Crippen LogP contribution in [0.5, 0.6) is 0 Å². The molecule has 43 heavy (non-hydrogen) atoms. The largest absolute Gasteiger partial charge is 0.352 e. The first-order valence-electron chi connectivity index (χ1n) is 13.7. The summed E-state index contributed by atoms with van der Waals surface area (Å²) >= 11 is 0. The second kappa shape index (κ2) is 16.4. The highest BCUT2D eigenvalue weighted by molar-refractivity contribution is 7.85. The molecule has 1 aromatic carbocycles. The fourth-order valence-electron chi connectivity index (χ4n) is 4.18. The Bertz CT molecular complexity index is 1330. The first-order chi connectivity index (χ1) is 20.2. The Hall–Kier alpha value is -4.31. The van der Waals surface area contributed by atoms with Crippen LogP contribution in [0.4, 0.5) is 10.5 Å². The highest BCUT2D eigenvalue weighted by Gasteiger charge is 2.29. The second-order valence-electron chi connectivity index (χ2n) is 10.2. The lowest BCUT2D eigenvalue weighted by atomic mass is 10.0. The molecule has 2 atom stereocenters. The number of nitrogens with zero attached hydrogens (tertiary/aromatic N) is 1. The molecule has 0 saturated carbocycles. The minimum Gasteiger partial charge on any atom is -0.352 e. The van der Waals surface area contributed by atoms with Gasteiger partial charge in [-0.3, -0.25) is 33.4 Å². The first kappa shape index (κ1) is 34.9. The predicted octanol–water partition coefficient (Wildman–Crippen LogP) is 0.431. The third kappa shape index (κ3) is 11.8. The summed E-state index contributed by atoms with van der Waals surface area (Å²) in [5.74, 6) is -2.80. The van der Waals surface area contributed by atoms with Gasteiger partial charge in [0.25, 0.3) is 21.9 Å². The zero-order valence-electron chi connectivity index (χ0n) is 24.0. The minimum absolute atomic E-state index is 0.0538. The summed E-state index contributed by atoms with van der Waals surface area (Å²) < 4.78 is 32.2. The smallest absolute Gasteiger partial charge is 0.312 e. The van der Waals surface area contributed by atoms with E-state index in [9.17, 15) is 41.7 Å². The number of nitrogens with one attached hydrogen (secondary N) is 4. The molecule has 0 unspecified atom stereocenters. The van der Waals surface area contributed by atoms with Crippen molar-refractivity contribution in [1.29, 1.82) is 0 Å². The van der Waals surface area contributed by atoms with Crippen LogP contribution in [0.2, 0.25) is 0 Å². The van der Waals surface area contributed by atoms with Gasteiger partial charge in [-0.25, -0.2) is 4.79 Å². The van der Waals surface area contributed by atoms with E-state index in [2.05, 4.69) is 21.3 Å². The van der Waals surface area contributed by atoms with Crippen LogP contribution < -0.4 is 27.0 Å². The Labute approximate surface area is 249 Å². The van der Waals surface area contributed by atoms with E-state index in [-0.39, 0.29) is 55.8 Å². The van der Waals surface area contributed by atoms with E-state index in [0.29, 0.717) is 19.3 Å². The monoisotopic (exact) mass is 622 g/mol. The Morgan fingerprint density at radius 2 is 1.63 bits per heavy atom. The normalized spacial score (nSPS) is 14.4. The number of amides is 7. The third-order valence-corrected chi connectivity index (χ3v) is 7.30. The highest BCUT2D eigenvalue weighted by Crippen LogP contribution is 2.16. The number of hydrogen-bond donors (Lipinski definition) is 6. The van der Waals surface area contributed by atoms with E-state index in [1.165, 1.54) is 24.3 Å². The average molecular weight is 623 g/mol. The lowest BCUT2D eigenvalue weighted by Gasteiger charge is -2.25. The number of hydrogen-bond acceptors (Lipinski definition) is 8. The number of primary amides is 1. The van der Waals surface area contributed by atoms with Gasteiger partial charge in [-0.2, -0.15) is 8.42 Å². The number of urea groups is 1. The van der Waals surface area contributed by atoms with E-state index >= 15 is 0 Å². The van der Waals surface area contributed by atoms with Gasteiger partial charge < -0.3 is 27.0 Å². The molecule has 1 aromatic rings. The van der Waals surface area contributed by atoms with Crippen LogP contribution in [0.25, 0.3) is 0 Å². The van der Waals surface area contributed by atoms with E-state index in [0.717, 1.165) is 17.0 Å². The van der Waals surface area contributed by atoms with Crippen molar-refractivity contribution >= 4 is 51.4 Å². The Morgan fingerprint density at radius 1 is 0.953 bits per heavy atom. The van der Waals surface area contributed by atoms with Crippen molar-refractivity contribution < 1.29 is 41.7 Å². The molecule has 0 fully saturated rings. The summed E-state index contributed by atoms with van der Waals surface area (Å²) in [5, 5.41) is 10.2. The van der Waals surface area contributed by atoms with Gasteiger partial charge in [0, 0.05) is 37.3 Å². The molecule has 16 heteroatoms. The van der Waals surface area contributed by atoms with Crippen molar-refractivity contribution in [1.82, 2.24) is 20.9 Å². The van der Waals surface area contributed by atoms with Crippen molar-refractivity contribution in [2.24, 2.45) is 11.7 Å². The Kier molecular flexibility index (Phi) is 13.3. The fraction of sp³-hybridized carbons (Fsp3) is 0.481. The molecule has 0 spiro atoms. The van der Waals surface area contributed by atoms with E-state index in [1.54, 1.807) is 13.8 Å². The van der Waals surface area contributed by atoms with Gasteiger partial charge in [0.05, 0.1) is 4.90 Å². The Balaban J connectivity index is 1.98. The summed E-state index contributed by atoms with van der Waals surface area (Å²) in [5.41, 5.74) is 5.12.